The predicted octanol–water partition coefficient (Wildman–Crippen LogP) is 3.94. The first-order valence-electron chi connectivity index (χ1n) is 16.6. The van der Waals surface area contributed by atoms with Gasteiger partial charge < -0.3 is 35.5 Å². The van der Waals surface area contributed by atoms with Crippen molar-refractivity contribution in [2.75, 3.05) is 6.54 Å². The van der Waals surface area contributed by atoms with Crippen molar-refractivity contribution >= 4 is 34.6 Å². The maximum absolute atomic E-state index is 14.0. The Morgan fingerprint density at radius 1 is 0.959 bits per heavy atom. The molecule has 12 nitrogen and oxygen atoms in total. The summed E-state index contributed by atoms with van der Waals surface area (Å²) in [6, 6.07) is 19.7. The van der Waals surface area contributed by atoms with E-state index in [1.54, 1.807) is 0 Å². The van der Waals surface area contributed by atoms with E-state index in [4.69, 9.17) is 9.15 Å². The Hall–Kier alpha value is -5.23. The number of aliphatic hydroxyl groups is 1. The number of ether oxygens (including phenoxy) is 1. The Bertz CT molecular complexity index is 1710. The Morgan fingerprint density at radius 3 is 2.41 bits per heavy atom. The van der Waals surface area contributed by atoms with Gasteiger partial charge in [-0.3, -0.25) is 14.4 Å². The molecule has 5 N–H and O–H groups in total. The summed E-state index contributed by atoms with van der Waals surface area (Å²) in [5.41, 5.74) is 1.62. The molecule has 1 saturated heterocycles. The molecule has 258 valence electrons. The quantitative estimate of drug-likeness (QED) is 0.127. The normalized spacial score (nSPS) is 16.7. The van der Waals surface area contributed by atoms with Gasteiger partial charge in [-0.25, -0.2) is 9.78 Å². The van der Waals surface area contributed by atoms with Gasteiger partial charge in [0.05, 0.1) is 12.2 Å². The molecule has 1 unspecified atom stereocenters. The van der Waals surface area contributed by atoms with Gasteiger partial charge in [0.25, 0.3) is 0 Å². The van der Waals surface area contributed by atoms with Gasteiger partial charge in [-0.15, -0.1) is 0 Å². The molecular formula is C37H43N5O7. The van der Waals surface area contributed by atoms with Crippen LogP contribution in [0.5, 0.6) is 0 Å². The molecule has 0 radical (unpaired) electrons. The van der Waals surface area contributed by atoms with E-state index in [2.05, 4.69) is 26.3 Å². The summed E-state index contributed by atoms with van der Waals surface area (Å²) >= 11 is 0. The van der Waals surface area contributed by atoms with E-state index in [-0.39, 0.29) is 43.6 Å². The minimum absolute atomic E-state index is 0.00140. The summed E-state index contributed by atoms with van der Waals surface area (Å²) < 4.78 is 10.8. The molecule has 5 atom stereocenters. The summed E-state index contributed by atoms with van der Waals surface area (Å²) in [4.78, 5) is 57.4. The number of carbonyl (C=O) groups is 4. The monoisotopic (exact) mass is 669 g/mol. The molecule has 1 aromatic heterocycles. The Labute approximate surface area is 285 Å². The summed E-state index contributed by atoms with van der Waals surface area (Å²) in [7, 11) is 0. The lowest BCUT2D eigenvalue weighted by molar-refractivity contribution is -0.131. The molecule has 1 fully saturated rings. The van der Waals surface area contributed by atoms with Gasteiger partial charge in [0.2, 0.25) is 23.6 Å². The van der Waals surface area contributed by atoms with Crippen LogP contribution in [-0.2, 0) is 32.1 Å². The number of benzene rings is 3. The molecule has 2 heterocycles. The van der Waals surface area contributed by atoms with E-state index >= 15 is 0 Å². The fraction of sp³-hybridized carbons (Fsp3) is 0.378. The van der Waals surface area contributed by atoms with Crippen LogP contribution in [0.3, 0.4) is 0 Å². The SMILES string of the molecule is CC(C)C[C@H](NC(=O)[C@H](Cc1cccc2ccccc12)NC(=O)OCc1ccccc1)C(=O)N[C@@H](C[C@@H]1CCNC1=O)C(O)c1ncco1. The van der Waals surface area contributed by atoms with Crippen LogP contribution in [0.2, 0.25) is 0 Å². The van der Waals surface area contributed by atoms with Crippen LogP contribution < -0.4 is 21.3 Å². The van der Waals surface area contributed by atoms with Crippen LogP contribution in [0.15, 0.2) is 89.7 Å². The number of amides is 4. The van der Waals surface area contributed by atoms with Gasteiger partial charge >= 0.3 is 6.09 Å². The van der Waals surface area contributed by atoms with Crippen molar-refractivity contribution in [2.24, 2.45) is 11.8 Å². The second kappa shape index (κ2) is 16.7. The van der Waals surface area contributed by atoms with Gasteiger partial charge in [-0.1, -0.05) is 86.6 Å². The molecule has 12 heteroatoms. The fourth-order valence-corrected chi connectivity index (χ4v) is 6.06. The van der Waals surface area contributed by atoms with Crippen molar-refractivity contribution in [3.8, 4) is 0 Å². The topological polar surface area (TPSA) is 172 Å². The summed E-state index contributed by atoms with van der Waals surface area (Å²) in [6.45, 7) is 4.35. The highest BCUT2D eigenvalue weighted by Crippen LogP contribution is 2.25. The van der Waals surface area contributed by atoms with E-state index in [0.29, 0.717) is 13.0 Å². The summed E-state index contributed by atoms with van der Waals surface area (Å²) in [6.07, 6.45) is 1.68. The number of fused-ring (bicyclic) bond motifs is 1. The number of carbonyl (C=O) groups excluding carboxylic acids is 4. The lowest BCUT2D eigenvalue weighted by atomic mass is 9.94. The number of nitrogens with one attached hydrogen (secondary N) is 4. The van der Waals surface area contributed by atoms with E-state index in [1.807, 2.05) is 86.6 Å². The molecule has 0 aliphatic carbocycles. The zero-order valence-corrected chi connectivity index (χ0v) is 27.6. The number of hydrogen-bond acceptors (Lipinski definition) is 8. The Morgan fingerprint density at radius 2 is 1.69 bits per heavy atom. The second-order valence-corrected chi connectivity index (χ2v) is 12.7. The van der Waals surface area contributed by atoms with Crippen molar-refractivity contribution in [1.29, 1.82) is 0 Å². The zero-order chi connectivity index (χ0) is 34.8. The average molecular weight is 670 g/mol. The van der Waals surface area contributed by atoms with Crippen molar-refractivity contribution in [3.63, 3.8) is 0 Å². The van der Waals surface area contributed by atoms with Gasteiger partial charge in [0.15, 0.2) is 6.10 Å². The van der Waals surface area contributed by atoms with Crippen LogP contribution in [0.4, 0.5) is 4.79 Å². The van der Waals surface area contributed by atoms with Crippen LogP contribution >= 0.6 is 0 Å². The number of rotatable bonds is 15. The third-order valence-electron chi connectivity index (χ3n) is 8.58. The van der Waals surface area contributed by atoms with E-state index in [0.717, 1.165) is 21.9 Å². The highest BCUT2D eigenvalue weighted by Gasteiger charge is 2.36. The molecule has 1 aliphatic heterocycles. The van der Waals surface area contributed by atoms with Crippen molar-refractivity contribution in [1.82, 2.24) is 26.3 Å². The second-order valence-electron chi connectivity index (χ2n) is 12.7. The molecule has 0 saturated carbocycles. The number of aromatic nitrogens is 1. The minimum atomic E-state index is -1.33. The van der Waals surface area contributed by atoms with Crippen molar-refractivity contribution in [3.05, 3.63) is 102 Å². The average Bonchev–Trinajstić information content (AvgIpc) is 3.79. The fourth-order valence-electron chi connectivity index (χ4n) is 6.06. The minimum Gasteiger partial charge on any atom is -0.446 e. The largest absolute Gasteiger partial charge is 0.446 e. The summed E-state index contributed by atoms with van der Waals surface area (Å²) in [5, 5.41) is 24.3. The van der Waals surface area contributed by atoms with Crippen LogP contribution in [0.1, 0.15) is 56.2 Å². The lowest BCUT2D eigenvalue weighted by Gasteiger charge is -2.28. The first-order chi connectivity index (χ1) is 23.7. The van der Waals surface area contributed by atoms with Crippen LogP contribution in [0.25, 0.3) is 10.8 Å². The van der Waals surface area contributed by atoms with Crippen molar-refractivity contribution < 1.29 is 33.4 Å². The molecule has 4 amide bonds. The van der Waals surface area contributed by atoms with Gasteiger partial charge in [-0.2, -0.15) is 0 Å². The molecule has 5 rings (SSSR count). The van der Waals surface area contributed by atoms with Crippen molar-refractivity contribution in [2.45, 2.75) is 70.4 Å². The highest BCUT2D eigenvalue weighted by atomic mass is 16.5. The molecule has 4 aromatic rings. The first kappa shape index (κ1) is 35.1. The summed E-state index contributed by atoms with van der Waals surface area (Å²) in [5.74, 6) is -1.72. The third kappa shape index (κ3) is 9.66. The van der Waals surface area contributed by atoms with Crippen LogP contribution in [-0.4, -0.2) is 58.6 Å². The third-order valence-corrected chi connectivity index (χ3v) is 8.58. The van der Waals surface area contributed by atoms with Crippen LogP contribution in [0, 0.1) is 11.8 Å². The van der Waals surface area contributed by atoms with E-state index < -0.39 is 48.1 Å². The first-order valence-corrected chi connectivity index (χ1v) is 16.6. The highest BCUT2D eigenvalue weighted by molar-refractivity contribution is 5.93. The molecular weight excluding hydrogens is 626 g/mol. The van der Waals surface area contributed by atoms with Gasteiger partial charge in [-0.05, 0) is 47.1 Å². The smallest absolute Gasteiger partial charge is 0.408 e. The molecule has 0 bridgehead atoms. The predicted molar refractivity (Wildman–Crippen MR) is 182 cm³/mol. The standard InChI is InChI=1S/C37H43N5O7/c1-23(2)19-30(34(45)40-29(21-27-15-16-38-33(27)44)32(43)36-39-17-18-48-36)41-35(46)31(42-37(47)49-22-24-9-4-3-5-10-24)20-26-13-8-12-25-11-6-7-14-28(25)26/h3-14,17-18,23,27,29-32,43H,15-16,19-22H2,1-2H3,(H,38,44)(H,40,45)(H,41,46)(H,42,47)/t27-,29-,30-,31-,32?/m0/s1. The Balaban J connectivity index is 1.35. The maximum Gasteiger partial charge on any atom is 0.408 e. The van der Waals surface area contributed by atoms with E-state index in [1.165, 1.54) is 12.5 Å². The maximum atomic E-state index is 14.0. The van der Waals surface area contributed by atoms with Gasteiger partial charge in [0.1, 0.15) is 25.0 Å². The molecule has 3 aromatic carbocycles. The number of alkyl carbamates (subject to hydrolysis) is 1. The molecule has 0 spiro atoms. The van der Waals surface area contributed by atoms with E-state index in [9.17, 15) is 24.3 Å². The van der Waals surface area contributed by atoms with Gasteiger partial charge in [0, 0.05) is 18.9 Å². The Kier molecular flexibility index (Phi) is 12.0. The lowest BCUT2D eigenvalue weighted by Crippen LogP contribution is -2.56. The number of oxazole rings is 1. The number of hydrogen-bond donors (Lipinski definition) is 5. The zero-order valence-electron chi connectivity index (χ0n) is 27.6. The number of nitrogens with zero attached hydrogens (tertiary/aromatic N) is 1. The number of aliphatic hydroxyl groups excluding tert-OH is 1. The molecule has 1 aliphatic rings. The molecule has 49 heavy (non-hydrogen) atoms.